The van der Waals surface area contributed by atoms with Gasteiger partial charge in [0.05, 0.1) is 13.8 Å². The molecule has 2 aliphatic rings. The third-order valence-electron chi connectivity index (χ3n) is 12.2. The van der Waals surface area contributed by atoms with Crippen molar-refractivity contribution < 1.29 is 4.42 Å². The largest absolute Gasteiger partial charge is 0.454 e. The first-order valence-corrected chi connectivity index (χ1v) is 22.1. The summed E-state index contributed by atoms with van der Waals surface area (Å²) >= 11 is 0. The minimum Gasteiger partial charge on any atom is -0.454 e. The van der Waals surface area contributed by atoms with E-state index in [1.807, 2.05) is 0 Å². The molecule has 1 heterocycles. The predicted octanol–water partition coefficient (Wildman–Crippen LogP) is 13.4. The Morgan fingerprint density at radius 2 is 1.12 bits per heavy atom. The molecule has 0 amide bonds. The molecule has 0 spiro atoms. The van der Waals surface area contributed by atoms with E-state index in [-0.39, 0.29) is 10.8 Å². The summed E-state index contributed by atoms with van der Waals surface area (Å²) in [5.41, 5.74) is 16.1. The summed E-state index contributed by atoms with van der Waals surface area (Å²) in [6.45, 7) is 16.8. The fraction of sp³-hybridized carbons (Fsp3) is 0.184. The maximum atomic E-state index is 6.97. The second-order valence-corrected chi connectivity index (χ2v) is 22.0. The summed E-state index contributed by atoms with van der Waals surface area (Å²) in [6.07, 6.45) is 0. The van der Waals surface area contributed by atoms with Gasteiger partial charge in [-0.2, -0.15) is 0 Å². The highest BCUT2D eigenvalue weighted by molar-refractivity contribution is 6.90. The summed E-state index contributed by atoms with van der Waals surface area (Å²) in [5.74, 6) is 0. The molecule has 0 fully saturated rings. The van der Waals surface area contributed by atoms with E-state index in [0.29, 0.717) is 0 Å². The van der Waals surface area contributed by atoms with Crippen molar-refractivity contribution in [2.75, 3.05) is 4.90 Å². The number of rotatable bonds is 4. The van der Waals surface area contributed by atoms with E-state index < -0.39 is 8.07 Å². The first-order valence-electron chi connectivity index (χ1n) is 18.6. The van der Waals surface area contributed by atoms with Crippen LogP contribution in [0.3, 0.4) is 0 Å². The van der Waals surface area contributed by atoms with Gasteiger partial charge < -0.3 is 9.32 Å². The van der Waals surface area contributed by atoms with Crippen LogP contribution in [0.2, 0.25) is 19.6 Å². The Morgan fingerprint density at radius 3 is 1.90 bits per heavy atom. The van der Waals surface area contributed by atoms with E-state index in [4.69, 9.17) is 4.42 Å². The minimum atomic E-state index is -1.65. The van der Waals surface area contributed by atoms with Crippen molar-refractivity contribution in [1.29, 1.82) is 0 Å². The Labute approximate surface area is 307 Å². The molecule has 1 aromatic heterocycles. The monoisotopic (exact) mass is 689 g/mol. The second kappa shape index (κ2) is 10.6. The average molecular weight is 690 g/mol. The van der Waals surface area contributed by atoms with Gasteiger partial charge in [-0.1, -0.05) is 138 Å². The molecular weight excluding hydrogens is 647 g/mol. The molecule has 3 heteroatoms. The molecule has 10 rings (SSSR count). The first-order chi connectivity index (χ1) is 24.9. The molecule has 2 nitrogen and oxygen atoms in total. The second-order valence-electron chi connectivity index (χ2n) is 17.0. The molecule has 8 aromatic rings. The van der Waals surface area contributed by atoms with Crippen molar-refractivity contribution in [3.05, 3.63) is 156 Å². The normalized spacial score (nSPS) is 15.1. The highest BCUT2D eigenvalue weighted by Crippen LogP contribution is 2.58. The molecule has 0 atom stereocenters. The lowest BCUT2D eigenvalue weighted by molar-refractivity contribution is 0.652. The van der Waals surface area contributed by atoms with Gasteiger partial charge >= 0.3 is 0 Å². The number of benzene rings is 7. The summed E-state index contributed by atoms with van der Waals surface area (Å²) < 4.78 is 6.97. The van der Waals surface area contributed by atoms with E-state index >= 15 is 0 Å². The highest BCUT2D eigenvalue weighted by Gasteiger charge is 2.42. The van der Waals surface area contributed by atoms with E-state index in [1.165, 1.54) is 65.9 Å². The van der Waals surface area contributed by atoms with Crippen LogP contribution in [0, 0.1) is 0 Å². The number of hydrogen-bond acceptors (Lipinski definition) is 2. The number of anilines is 3. The minimum absolute atomic E-state index is 0.0821. The van der Waals surface area contributed by atoms with Crippen molar-refractivity contribution in [2.45, 2.75) is 58.2 Å². The zero-order valence-electron chi connectivity index (χ0n) is 31.1. The number of fused-ring (bicyclic) bond motifs is 11. The van der Waals surface area contributed by atoms with Gasteiger partial charge in [0.2, 0.25) is 0 Å². The van der Waals surface area contributed by atoms with Gasteiger partial charge in [0.25, 0.3) is 0 Å². The van der Waals surface area contributed by atoms with Crippen molar-refractivity contribution in [3.8, 4) is 22.3 Å². The number of para-hydroxylation sites is 3. The van der Waals surface area contributed by atoms with E-state index in [9.17, 15) is 0 Å². The average Bonchev–Trinajstić information content (AvgIpc) is 3.71. The third kappa shape index (κ3) is 4.23. The molecular formula is C49H43NOSi. The fourth-order valence-electron chi connectivity index (χ4n) is 9.44. The van der Waals surface area contributed by atoms with E-state index in [2.05, 4.69) is 186 Å². The Hall–Kier alpha value is -5.38. The van der Waals surface area contributed by atoms with Crippen LogP contribution >= 0.6 is 0 Å². The number of nitrogens with zero attached hydrogens (tertiary/aromatic N) is 1. The number of hydrogen-bond donors (Lipinski definition) is 0. The summed E-state index contributed by atoms with van der Waals surface area (Å²) in [5, 5.41) is 6.36. The SMILES string of the molecule is CC1(C)c2cc(N(c3ccccc3)c3cccc4c3oc3c([Si](C)(C)C)cccc34)ccc2-c2cc3c(cc21)-c1c(ccc2ccccc12)C3(C)C. The van der Waals surface area contributed by atoms with Gasteiger partial charge in [0.1, 0.15) is 5.58 Å². The van der Waals surface area contributed by atoms with E-state index in [1.54, 1.807) is 0 Å². The lowest BCUT2D eigenvalue weighted by Crippen LogP contribution is -2.37. The van der Waals surface area contributed by atoms with Crippen LogP contribution < -0.4 is 10.1 Å². The first kappa shape index (κ1) is 31.4. The van der Waals surface area contributed by atoms with Crippen LogP contribution in [-0.4, -0.2) is 8.07 Å². The van der Waals surface area contributed by atoms with E-state index in [0.717, 1.165) is 33.6 Å². The fourth-order valence-corrected chi connectivity index (χ4v) is 10.9. The van der Waals surface area contributed by atoms with Gasteiger partial charge in [0.15, 0.2) is 5.58 Å². The van der Waals surface area contributed by atoms with Crippen molar-refractivity contribution >= 4 is 63.0 Å². The molecule has 0 aliphatic heterocycles. The smallest absolute Gasteiger partial charge is 0.159 e. The van der Waals surface area contributed by atoms with Crippen LogP contribution in [0.25, 0.3) is 55.0 Å². The van der Waals surface area contributed by atoms with Crippen LogP contribution in [0.4, 0.5) is 17.1 Å². The molecule has 0 radical (unpaired) electrons. The molecule has 52 heavy (non-hydrogen) atoms. The van der Waals surface area contributed by atoms with Crippen LogP contribution in [0.15, 0.2) is 138 Å². The molecule has 7 aromatic carbocycles. The Bertz CT molecular complexity index is 2780. The van der Waals surface area contributed by atoms with Crippen LogP contribution in [0.1, 0.15) is 49.9 Å². The Morgan fingerprint density at radius 1 is 0.481 bits per heavy atom. The predicted molar refractivity (Wildman–Crippen MR) is 224 cm³/mol. The van der Waals surface area contributed by atoms with Gasteiger partial charge in [-0.15, -0.1) is 0 Å². The molecule has 254 valence electrons. The lowest BCUT2D eigenvalue weighted by Gasteiger charge is -2.28. The highest BCUT2D eigenvalue weighted by atomic mass is 28.3. The summed E-state index contributed by atoms with van der Waals surface area (Å²) in [4.78, 5) is 2.39. The van der Waals surface area contributed by atoms with Crippen LogP contribution in [0.5, 0.6) is 0 Å². The van der Waals surface area contributed by atoms with Gasteiger partial charge in [-0.05, 0) is 103 Å². The van der Waals surface area contributed by atoms with Crippen molar-refractivity contribution in [3.63, 3.8) is 0 Å². The molecule has 0 saturated heterocycles. The summed E-state index contributed by atoms with van der Waals surface area (Å²) in [7, 11) is -1.65. The molecule has 0 saturated carbocycles. The topological polar surface area (TPSA) is 16.4 Å². The number of furan rings is 1. The van der Waals surface area contributed by atoms with Crippen LogP contribution in [-0.2, 0) is 10.8 Å². The standard InChI is InChI=1S/C49H43NOSi/c1-48(2)39-26-23-30-15-11-12-18-33(30)45(39)38-29-41-37(28-42(38)48)34-25-24-32(27-40(34)49(41,3)4)50(31-16-9-8-10-17-31)43-21-13-19-35-36-20-14-22-44(52(5,6)7)47(36)51-46(35)43/h8-29H,1-7H3. The Kier molecular flexibility index (Phi) is 6.38. The van der Waals surface area contributed by atoms with Gasteiger partial charge in [-0.3, -0.25) is 0 Å². The maximum Gasteiger partial charge on any atom is 0.159 e. The zero-order valence-corrected chi connectivity index (χ0v) is 32.1. The molecule has 0 unspecified atom stereocenters. The van der Waals surface area contributed by atoms with Crippen molar-refractivity contribution in [1.82, 2.24) is 0 Å². The van der Waals surface area contributed by atoms with Crippen molar-refractivity contribution in [2.24, 2.45) is 0 Å². The molecule has 0 bridgehead atoms. The summed E-state index contributed by atoms with van der Waals surface area (Å²) in [6, 6.07) is 49.8. The Balaban J connectivity index is 1.17. The molecule has 2 aliphatic carbocycles. The third-order valence-corrected chi connectivity index (χ3v) is 14.2. The molecule has 0 N–H and O–H groups in total. The van der Waals surface area contributed by atoms with Gasteiger partial charge in [0, 0.05) is 33.0 Å². The lowest BCUT2D eigenvalue weighted by atomic mass is 9.79. The zero-order chi connectivity index (χ0) is 35.7. The van der Waals surface area contributed by atoms with Gasteiger partial charge in [-0.25, -0.2) is 0 Å². The quantitative estimate of drug-likeness (QED) is 0.171. The maximum absolute atomic E-state index is 6.97.